The highest BCUT2D eigenvalue weighted by Gasteiger charge is 2.31. The molecule has 2 aromatic carbocycles. The fourth-order valence-electron chi connectivity index (χ4n) is 2.31. The summed E-state index contributed by atoms with van der Waals surface area (Å²) in [5.74, 6) is 0. The van der Waals surface area contributed by atoms with Crippen LogP contribution in [0.4, 0.5) is 13.2 Å². The maximum Gasteiger partial charge on any atom is 0.416 e. The highest BCUT2D eigenvalue weighted by Crippen LogP contribution is 2.37. The fourth-order valence-corrected chi connectivity index (χ4v) is 2.89. The van der Waals surface area contributed by atoms with Gasteiger partial charge in [-0.05, 0) is 35.7 Å². The van der Waals surface area contributed by atoms with Gasteiger partial charge in [-0.3, -0.25) is 4.98 Å². The van der Waals surface area contributed by atoms with E-state index in [4.69, 9.17) is 16.2 Å². The second-order valence-electron chi connectivity index (χ2n) is 4.83. The second-order valence-corrected chi connectivity index (χ2v) is 5.89. The lowest BCUT2D eigenvalue weighted by Gasteiger charge is -2.11. The van der Waals surface area contributed by atoms with Crippen LogP contribution in [0.1, 0.15) is 5.56 Å². The molecule has 7 heteroatoms. The lowest BCUT2D eigenvalue weighted by Crippen LogP contribution is -2.04. The third kappa shape index (κ3) is 3.15. The van der Waals surface area contributed by atoms with Crippen LogP contribution < -0.4 is 0 Å². The van der Waals surface area contributed by atoms with Crippen LogP contribution in [0.25, 0.3) is 22.0 Å². The lowest BCUT2D eigenvalue weighted by molar-refractivity contribution is -0.137. The van der Waals surface area contributed by atoms with Gasteiger partial charge in [-0.15, -0.1) is 0 Å². The predicted octanol–water partition coefficient (Wildman–Crippen LogP) is 6.14. The molecule has 0 aliphatic carbocycles. The SMILES string of the molecule is OSc1ccc2c(-c3ccc(C(F)(F)F)cc3Cl)nccc2c1. The molecule has 0 bridgehead atoms. The summed E-state index contributed by atoms with van der Waals surface area (Å²) in [7, 11) is 0. The van der Waals surface area contributed by atoms with Crippen LogP contribution in [0.15, 0.2) is 53.6 Å². The maximum atomic E-state index is 12.7. The average Bonchev–Trinajstić information content (AvgIpc) is 2.53. The molecule has 0 spiro atoms. The minimum Gasteiger partial charge on any atom is -0.325 e. The van der Waals surface area contributed by atoms with Gasteiger partial charge in [0.15, 0.2) is 0 Å². The van der Waals surface area contributed by atoms with E-state index in [1.807, 2.05) is 0 Å². The molecule has 3 rings (SSSR count). The van der Waals surface area contributed by atoms with Crippen LogP contribution in [-0.4, -0.2) is 9.54 Å². The van der Waals surface area contributed by atoms with E-state index in [9.17, 15) is 13.2 Å². The van der Waals surface area contributed by atoms with Gasteiger partial charge in [0.25, 0.3) is 0 Å². The number of rotatable bonds is 2. The standard InChI is InChI=1S/C16H9ClF3NOS/c17-14-8-10(16(18,19)20)1-3-13(14)15-12-4-2-11(23-22)7-9(12)5-6-21-15/h1-8,22H. The molecule has 118 valence electrons. The third-order valence-corrected chi connectivity index (χ3v) is 4.17. The first kappa shape index (κ1) is 16.1. The summed E-state index contributed by atoms with van der Waals surface area (Å²) in [5.41, 5.74) is 0.121. The molecule has 1 aromatic heterocycles. The van der Waals surface area contributed by atoms with Crippen LogP contribution in [0, 0.1) is 0 Å². The summed E-state index contributed by atoms with van der Waals surface area (Å²) in [6, 6.07) is 10.2. The Hall–Kier alpha value is -1.76. The zero-order valence-corrected chi connectivity index (χ0v) is 13.0. The van der Waals surface area contributed by atoms with Crippen molar-refractivity contribution >= 4 is 34.4 Å². The normalized spacial score (nSPS) is 11.9. The zero-order valence-electron chi connectivity index (χ0n) is 11.4. The minimum atomic E-state index is -4.44. The van der Waals surface area contributed by atoms with Crippen LogP contribution in [-0.2, 0) is 6.18 Å². The first-order valence-electron chi connectivity index (χ1n) is 6.47. The number of fused-ring (bicyclic) bond motifs is 1. The van der Waals surface area contributed by atoms with Crippen molar-refractivity contribution in [3.8, 4) is 11.3 Å². The molecule has 0 saturated carbocycles. The Morgan fingerprint density at radius 1 is 1.04 bits per heavy atom. The monoisotopic (exact) mass is 355 g/mol. The number of aromatic nitrogens is 1. The maximum absolute atomic E-state index is 12.7. The van der Waals surface area contributed by atoms with E-state index in [0.717, 1.165) is 22.9 Å². The minimum absolute atomic E-state index is 0.0135. The van der Waals surface area contributed by atoms with E-state index in [1.54, 1.807) is 30.5 Å². The molecule has 1 heterocycles. The average molecular weight is 356 g/mol. The summed E-state index contributed by atoms with van der Waals surface area (Å²) < 4.78 is 47.3. The molecular formula is C16H9ClF3NOS. The molecule has 2 nitrogen and oxygen atoms in total. The van der Waals surface area contributed by atoms with Gasteiger partial charge in [-0.1, -0.05) is 23.7 Å². The van der Waals surface area contributed by atoms with Gasteiger partial charge in [0, 0.05) is 34.1 Å². The number of benzene rings is 2. The van der Waals surface area contributed by atoms with Gasteiger partial charge in [0.2, 0.25) is 0 Å². The van der Waals surface area contributed by atoms with Crippen molar-refractivity contribution in [3.63, 3.8) is 0 Å². The highest BCUT2D eigenvalue weighted by molar-refractivity contribution is 7.93. The quantitative estimate of drug-likeness (QED) is 0.560. The molecule has 0 amide bonds. The first-order chi connectivity index (χ1) is 10.9. The summed E-state index contributed by atoms with van der Waals surface area (Å²) in [6.07, 6.45) is -2.89. The molecule has 0 atom stereocenters. The van der Waals surface area contributed by atoms with Crippen molar-refractivity contribution < 1.29 is 17.7 Å². The third-order valence-electron chi connectivity index (χ3n) is 3.39. The summed E-state index contributed by atoms with van der Waals surface area (Å²) in [5, 5.41) is 1.54. The smallest absolute Gasteiger partial charge is 0.325 e. The molecule has 23 heavy (non-hydrogen) atoms. The number of halogens is 4. The van der Waals surface area contributed by atoms with Gasteiger partial charge in [-0.2, -0.15) is 13.2 Å². The molecule has 0 saturated heterocycles. The lowest BCUT2D eigenvalue weighted by atomic mass is 10.0. The Morgan fingerprint density at radius 2 is 1.83 bits per heavy atom. The van der Waals surface area contributed by atoms with E-state index in [0.29, 0.717) is 28.2 Å². The molecule has 3 aromatic rings. The Labute approximate surface area is 139 Å². The van der Waals surface area contributed by atoms with E-state index >= 15 is 0 Å². The van der Waals surface area contributed by atoms with Crippen molar-refractivity contribution in [1.82, 2.24) is 4.98 Å². The van der Waals surface area contributed by atoms with E-state index < -0.39 is 11.7 Å². The molecule has 0 unspecified atom stereocenters. The summed E-state index contributed by atoms with van der Waals surface area (Å²) >= 11 is 6.67. The zero-order chi connectivity index (χ0) is 16.6. The first-order valence-corrected chi connectivity index (χ1v) is 7.62. The molecule has 0 radical (unpaired) electrons. The number of pyridine rings is 1. The predicted molar refractivity (Wildman–Crippen MR) is 85.7 cm³/mol. The van der Waals surface area contributed by atoms with Gasteiger partial charge < -0.3 is 4.55 Å². The Bertz CT molecular complexity index is 883. The molecule has 0 aliphatic heterocycles. The molecule has 0 fully saturated rings. The van der Waals surface area contributed by atoms with E-state index in [2.05, 4.69) is 4.98 Å². The van der Waals surface area contributed by atoms with Crippen LogP contribution >= 0.6 is 23.6 Å². The Kier molecular flexibility index (Phi) is 4.23. The number of hydrogen-bond acceptors (Lipinski definition) is 3. The van der Waals surface area contributed by atoms with Crippen molar-refractivity contribution in [2.45, 2.75) is 11.1 Å². The van der Waals surface area contributed by atoms with Crippen LogP contribution in [0.2, 0.25) is 5.02 Å². The Balaban J connectivity index is 2.17. The van der Waals surface area contributed by atoms with Crippen molar-refractivity contribution in [1.29, 1.82) is 0 Å². The molecule has 0 aliphatic rings. The van der Waals surface area contributed by atoms with E-state index in [-0.39, 0.29) is 5.02 Å². The number of nitrogens with zero attached hydrogens (tertiary/aromatic N) is 1. The van der Waals surface area contributed by atoms with Crippen LogP contribution in [0.3, 0.4) is 0 Å². The van der Waals surface area contributed by atoms with E-state index in [1.165, 1.54) is 6.07 Å². The fraction of sp³-hybridized carbons (Fsp3) is 0.0625. The topological polar surface area (TPSA) is 33.1 Å². The van der Waals surface area contributed by atoms with Gasteiger partial charge >= 0.3 is 6.18 Å². The van der Waals surface area contributed by atoms with Gasteiger partial charge in [-0.25, -0.2) is 0 Å². The summed E-state index contributed by atoms with van der Waals surface area (Å²) in [4.78, 5) is 4.91. The van der Waals surface area contributed by atoms with Crippen molar-refractivity contribution in [3.05, 3.63) is 59.2 Å². The molecule has 1 N–H and O–H groups in total. The van der Waals surface area contributed by atoms with Crippen LogP contribution in [0.5, 0.6) is 0 Å². The van der Waals surface area contributed by atoms with Crippen molar-refractivity contribution in [2.75, 3.05) is 0 Å². The second kappa shape index (κ2) is 6.03. The molecular weight excluding hydrogens is 347 g/mol. The highest BCUT2D eigenvalue weighted by atomic mass is 35.5. The Morgan fingerprint density at radius 3 is 2.48 bits per heavy atom. The number of hydrogen-bond donors (Lipinski definition) is 1. The number of alkyl halides is 3. The summed E-state index contributed by atoms with van der Waals surface area (Å²) in [6.45, 7) is 0. The van der Waals surface area contributed by atoms with Gasteiger partial charge in [0.05, 0.1) is 16.3 Å². The largest absolute Gasteiger partial charge is 0.416 e. The van der Waals surface area contributed by atoms with Gasteiger partial charge in [0.1, 0.15) is 0 Å². The van der Waals surface area contributed by atoms with Crippen molar-refractivity contribution in [2.24, 2.45) is 0 Å².